The van der Waals surface area contributed by atoms with E-state index in [4.69, 9.17) is 15.3 Å². The quantitative estimate of drug-likeness (QED) is 0.152. The van der Waals surface area contributed by atoms with Crippen LogP contribution >= 0.6 is 0 Å². The molecule has 0 amide bonds. The van der Waals surface area contributed by atoms with Gasteiger partial charge in [0.05, 0.1) is 25.4 Å². The van der Waals surface area contributed by atoms with Crippen LogP contribution in [0, 0.1) is 17.0 Å². The lowest BCUT2D eigenvalue weighted by molar-refractivity contribution is 0.0129. The molecule has 0 saturated carbocycles. The Labute approximate surface area is 300 Å². The number of halogens is 3. The molecule has 3 heterocycles. The van der Waals surface area contributed by atoms with Gasteiger partial charge in [0.2, 0.25) is 0 Å². The monoisotopic (exact) mass is 707 g/mol. The molecule has 1 atom stereocenters. The number of nitrogens with two attached hydrogens (primary N) is 1. The summed E-state index contributed by atoms with van der Waals surface area (Å²) in [7, 11) is 3.34. The second-order valence-corrected chi connectivity index (χ2v) is 14.3. The molecule has 2 aliphatic rings. The number of rotatable bonds is 15. The smallest absolute Gasteiger partial charge is 0.158 e. The van der Waals surface area contributed by atoms with E-state index in [1.165, 1.54) is 17.5 Å². The molecule has 3 N–H and O–H groups in total. The minimum absolute atomic E-state index is 0.202. The van der Waals surface area contributed by atoms with Crippen molar-refractivity contribution in [3.8, 4) is 5.75 Å². The van der Waals surface area contributed by atoms with Gasteiger partial charge in [0, 0.05) is 48.6 Å². The number of aliphatic imine (C=N–C) groups is 1. The van der Waals surface area contributed by atoms with E-state index in [1.54, 1.807) is 32.6 Å². The van der Waals surface area contributed by atoms with Crippen LogP contribution in [-0.2, 0) is 11.3 Å². The lowest BCUT2D eigenvalue weighted by Crippen LogP contribution is -2.51. The van der Waals surface area contributed by atoms with Gasteiger partial charge in [-0.2, -0.15) is 0 Å². The van der Waals surface area contributed by atoms with Crippen LogP contribution in [0.5, 0.6) is 5.75 Å². The number of hydroxylamine groups is 1. The Morgan fingerprint density at radius 3 is 2.63 bits per heavy atom. The summed E-state index contributed by atoms with van der Waals surface area (Å²) in [6.45, 7) is 8.06. The molecular weight excluding hydrogens is 655 g/mol. The van der Waals surface area contributed by atoms with Crippen molar-refractivity contribution < 1.29 is 22.7 Å². The van der Waals surface area contributed by atoms with Gasteiger partial charge < -0.3 is 15.8 Å². The van der Waals surface area contributed by atoms with Gasteiger partial charge in [0.1, 0.15) is 36.2 Å². The number of nitrogens with zero attached hydrogens (tertiary/aromatic N) is 5. The van der Waals surface area contributed by atoms with E-state index < -0.39 is 23.2 Å². The first-order valence-corrected chi connectivity index (χ1v) is 17.9. The predicted molar refractivity (Wildman–Crippen MR) is 198 cm³/mol. The minimum Gasteiger partial charge on any atom is -0.495 e. The van der Waals surface area contributed by atoms with E-state index in [0.717, 1.165) is 86.9 Å². The van der Waals surface area contributed by atoms with Gasteiger partial charge in [0.25, 0.3) is 0 Å². The fourth-order valence-electron chi connectivity index (χ4n) is 7.61. The molecule has 0 bridgehead atoms. The summed E-state index contributed by atoms with van der Waals surface area (Å²) in [5.74, 6) is 0.451. The lowest BCUT2D eigenvalue weighted by atomic mass is 9.70. The number of methoxy groups -OCH3 is 1. The molecule has 12 heteroatoms. The zero-order chi connectivity index (χ0) is 36.6. The first kappa shape index (κ1) is 38.1. The van der Waals surface area contributed by atoms with Gasteiger partial charge in [-0.05, 0) is 112 Å². The molecular formula is C39H52F3N7O2. The van der Waals surface area contributed by atoms with E-state index in [9.17, 15) is 13.2 Å². The molecule has 0 radical (unpaired) electrons. The Kier molecular flexibility index (Phi) is 12.6. The van der Waals surface area contributed by atoms with Crippen LogP contribution in [0.4, 0.5) is 30.5 Å². The van der Waals surface area contributed by atoms with Crippen LogP contribution in [0.3, 0.4) is 0 Å². The fourth-order valence-corrected chi connectivity index (χ4v) is 7.61. The molecule has 1 aromatic heterocycles. The normalized spacial score (nSPS) is 18.5. The number of allylic oxidation sites excluding steroid dienone is 1. The van der Waals surface area contributed by atoms with Gasteiger partial charge in [-0.25, -0.2) is 28.2 Å². The maximum absolute atomic E-state index is 14.7. The number of alkyl halides is 1. The highest BCUT2D eigenvalue weighted by molar-refractivity contribution is 6.10. The first-order chi connectivity index (χ1) is 24.6. The number of aryl methyl sites for hydroxylation is 1. The third-order valence-corrected chi connectivity index (χ3v) is 10.5. The molecule has 0 aliphatic carbocycles. The van der Waals surface area contributed by atoms with Crippen LogP contribution in [0.25, 0.3) is 5.57 Å². The summed E-state index contributed by atoms with van der Waals surface area (Å²) in [6.07, 6.45) is 12.5. The number of aromatic nitrogens is 2. The number of ether oxygens (including phenoxy) is 1. The zero-order valence-electron chi connectivity index (χ0n) is 30.5. The number of hydrogen-bond donors (Lipinski definition) is 2. The third-order valence-electron chi connectivity index (χ3n) is 10.5. The van der Waals surface area contributed by atoms with Crippen molar-refractivity contribution in [3.05, 3.63) is 77.3 Å². The van der Waals surface area contributed by atoms with E-state index in [1.807, 2.05) is 26.0 Å². The van der Waals surface area contributed by atoms with Crippen LogP contribution in [0.15, 0.2) is 53.9 Å². The number of likely N-dealkylation sites (tertiary alicyclic amines) is 1. The highest BCUT2D eigenvalue weighted by Gasteiger charge is 2.38. The molecule has 9 nitrogen and oxygen atoms in total. The molecule has 0 spiro atoms. The number of nitrogens with one attached hydrogen (secondary N) is 1. The standard InChI is InChI=1S/C39H52F3N7O2/c1-6-12-39(14-16-48(17-15-39)38(2,3)25-40)13-7-8-27-19-35(50-5)33(21-30(27)28(23-43)24-44-4)47-36-22-37(46-26-45-36)49-34(11-18-51-49)31-20-29(41)9-10-32(31)42/h9-10,19-24,26,34H,6-8,11-18,25,43H2,1-5H3,(H,45,46,47)/t34-/m1/s1. The van der Waals surface area contributed by atoms with Crippen LogP contribution in [0.2, 0.25) is 0 Å². The Hall–Kier alpha value is -4.16. The van der Waals surface area contributed by atoms with Gasteiger partial charge in [-0.3, -0.25) is 14.7 Å². The van der Waals surface area contributed by atoms with Crippen molar-refractivity contribution in [3.63, 3.8) is 0 Å². The molecule has 2 aliphatic heterocycles. The number of anilines is 3. The molecule has 51 heavy (non-hydrogen) atoms. The van der Waals surface area contributed by atoms with E-state index >= 15 is 0 Å². The summed E-state index contributed by atoms with van der Waals surface area (Å²) in [4.78, 5) is 21.2. The van der Waals surface area contributed by atoms with E-state index in [0.29, 0.717) is 36.1 Å². The highest BCUT2D eigenvalue weighted by atomic mass is 19.1. The average molecular weight is 708 g/mol. The van der Waals surface area contributed by atoms with Crippen LogP contribution in [-0.4, -0.2) is 67.1 Å². The van der Waals surface area contributed by atoms with Crippen molar-refractivity contribution in [1.29, 1.82) is 0 Å². The molecule has 2 saturated heterocycles. The minimum atomic E-state index is -0.555. The average Bonchev–Trinajstić information content (AvgIpc) is 3.62. The molecule has 0 unspecified atom stereocenters. The summed E-state index contributed by atoms with van der Waals surface area (Å²) in [6, 6.07) is 8.59. The number of piperidine rings is 1. The molecule has 2 fully saturated rings. The van der Waals surface area contributed by atoms with Gasteiger partial charge in [-0.15, -0.1) is 0 Å². The molecule has 2 aromatic carbocycles. The molecule has 276 valence electrons. The maximum Gasteiger partial charge on any atom is 0.158 e. The van der Waals surface area contributed by atoms with Crippen molar-refractivity contribution >= 4 is 29.1 Å². The van der Waals surface area contributed by atoms with E-state index in [2.05, 4.69) is 32.1 Å². The first-order valence-electron chi connectivity index (χ1n) is 17.9. The third kappa shape index (κ3) is 8.84. The number of hydrogen-bond acceptors (Lipinski definition) is 9. The van der Waals surface area contributed by atoms with Gasteiger partial charge >= 0.3 is 0 Å². The summed E-state index contributed by atoms with van der Waals surface area (Å²) >= 11 is 0. The summed E-state index contributed by atoms with van der Waals surface area (Å²) in [5, 5.41) is 4.87. The summed E-state index contributed by atoms with van der Waals surface area (Å²) < 4.78 is 48.4. The Morgan fingerprint density at radius 1 is 1.16 bits per heavy atom. The second-order valence-electron chi connectivity index (χ2n) is 14.3. The maximum atomic E-state index is 14.7. The Morgan fingerprint density at radius 2 is 1.94 bits per heavy atom. The fraction of sp³-hybridized carbons (Fsp3) is 0.513. The summed E-state index contributed by atoms with van der Waals surface area (Å²) in [5.41, 5.74) is 9.61. The largest absolute Gasteiger partial charge is 0.495 e. The predicted octanol–water partition coefficient (Wildman–Crippen LogP) is 8.34. The zero-order valence-corrected chi connectivity index (χ0v) is 30.5. The topological polar surface area (TPSA) is 101 Å². The highest BCUT2D eigenvalue weighted by Crippen LogP contribution is 2.43. The van der Waals surface area contributed by atoms with E-state index in [-0.39, 0.29) is 17.7 Å². The molecule has 3 aromatic rings. The van der Waals surface area contributed by atoms with Crippen molar-refractivity contribution in [1.82, 2.24) is 14.9 Å². The van der Waals surface area contributed by atoms with Crippen molar-refractivity contribution in [2.45, 2.75) is 83.7 Å². The van der Waals surface area contributed by atoms with Crippen LogP contribution in [0.1, 0.15) is 88.4 Å². The van der Waals surface area contributed by atoms with Gasteiger partial charge in [0.15, 0.2) is 5.82 Å². The Balaban J connectivity index is 1.38. The number of benzene rings is 2. The lowest BCUT2D eigenvalue weighted by Gasteiger charge is -2.47. The second kappa shape index (κ2) is 16.9. The van der Waals surface area contributed by atoms with Gasteiger partial charge in [-0.1, -0.05) is 13.3 Å². The Bertz CT molecular complexity index is 1690. The van der Waals surface area contributed by atoms with Crippen molar-refractivity contribution in [2.24, 2.45) is 16.1 Å². The van der Waals surface area contributed by atoms with Crippen LogP contribution < -0.4 is 20.9 Å². The van der Waals surface area contributed by atoms with Crippen molar-refractivity contribution in [2.75, 3.05) is 50.9 Å². The SMILES string of the molecule is CCCC1(CCCc2cc(OC)c(Nc3cc(N4OCC[C@@H]4c4cc(F)ccc4F)ncn3)cc2C(C=NC)=CN)CCN(C(C)(C)CF)CC1. The molecule has 5 rings (SSSR count).